The van der Waals surface area contributed by atoms with Crippen LogP contribution in [0, 0.1) is 19.3 Å². The van der Waals surface area contributed by atoms with Crippen molar-refractivity contribution in [3.63, 3.8) is 0 Å². The van der Waals surface area contributed by atoms with Crippen LogP contribution in [-0.4, -0.2) is 43.5 Å². The minimum atomic E-state index is -0.0485. The highest BCUT2D eigenvalue weighted by molar-refractivity contribution is 5.90. The van der Waals surface area contributed by atoms with Gasteiger partial charge in [-0.05, 0) is 57.4 Å². The Morgan fingerprint density at radius 1 is 1.04 bits per heavy atom. The van der Waals surface area contributed by atoms with Gasteiger partial charge in [-0.1, -0.05) is 12.8 Å². The maximum absolute atomic E-state index is 12.9. The number of hydrogen-bond acceptors (Lipinski definition) is 4. The van der Waals surface area contributed by atoms with Gasteiger partial charge in [-0.15, -0.1) is 5.10 Å². The summed E-state index contributed by atoms with van der Waals surface area (Å²) in [6, 6.07) is 1.95. The van der Waals surface area contributed by atoms with E-state index in [2.05, 4.69) is 15.1 Å². The smallest absolute Gasteiger partial charge is 0.293 e. The van der Waals surface area contributed by atoms with Crippen LogP contribution in [0.1, 0.15) is 67.0 Å². The van der Waals surface area contributed by atoms with Crippen LogP contribution in [0.4, 0.5) is 0 Å². The van der Waals surface area contributed by atoms with Crippen molar-refractivity contribution in [1.82, 2.24) is 24.5 Å². The maximum atomic E-state index is 12.9. The Morgan fingerprint density at radius 3 is 2.58 bits per heavy atom. The number of fused-ring (bicyclic) bond motifs is 1. The molecular formula is C18H25N5O. The van der Waals surface area contributed by atoms with E-state index in [1.54, 1.807) is 4.52 Å². The van der Waals surface area contributed by atoms with Crippen molar-refractivity contribution in [1.29, 1.82) is 0 Å². The Balaban J connectivity index is 1.56. The van der Waals surface area contributed by atoms with Crippen LogP contribution in [0.3, 0.4) is 0 Å². The summed E-state index contributed by atoms with van der Waals surface area (Å²) in [6.07, 6.45) is 8.86. The third-order valence-electron chi connectivity index (χ3n) is 5.81. The van der Waals surface area contributed by atoms with Crippen LogP contribution in [0.5, 0.6) is 0 Å². The normalized spacial score (nSPS) is 20.7. The molecule has 1 amide bonds. The second kappa shape index (κ2) is 5.83. The van der Waals surface area contributed by atoms with Gasteiger partial charge in [-0.25, -0.2) is 9.50 Å². The summed E-state index contributed by atoms with van der Waals surface area (Å²) < 4.78 is 1.66. The molecule has 0 aromatic carbocycles. The van der Waals surface area contributed by atoms with Gasteiger partial charge in [0.2, 0.25) is 5.82 Å². The lowest BCUT2D eigenvalue weighted by Gasteiger charge is -2.27. The monoisotopic (exact) mass is 327 g/mol. The van der Waals surface area contributed by atoms with Crippen molar-refractivity contribution in [2.45, 2.75) is 58.8 Å². The quantitative estimate of drug-likeness (QED) is 0.808. The molecule has 6 nitrogen and oxygen atoms in total. The zero-order chi connectivity index (χ0) is 16.7. The van der Waals surface area contributed by atoms with Gasteiger partial charge in [0.25, 0.3) is 11.7 Å². The minimum Gasteiger partial charge on any atom is -0.336 e. The Labute approximate surface area is 142 Å². The lowest BCUT2D eigenvalue weighted by molar-refractivity contribution is 0.0743. The fourth-order valence-corrected chi connectivity index (χ4v) is 4.48. The first-order valence-corrected chi connectivity index (χ1v) is 9.07. The second-order valence-electron chi connectivity index (χ2n) is 7.54. The van der Waals surface area contributed by atoms with E-state index in [4.69, 9.17) is 0 Å². The van der Waals surface area contributed by atoms with Gasteiger partial charge in [0.1, 0.15) is 0 Å². The fraction of sp³-hybridized carbons (Fsp3) is 0.667. The molecule has 4 rings (SSSR count). The Hall–Kier alpha value is -1.98. The van der Waals surface area contributed by atoms with E-state index in [0.29, 0.717) is 11.2 Å². The predicted molar refractivity (Wildman–Crippen MR) is 90.9 cm³/mol. The van der Waals surface area contributed by atoms with Crippen LogP contribution in [0.25, 0.3) is 5.78 Å². The van der Waals surface area contributed by atoms with Crippen LogP contribution in [0.2, 0.25) is 0 Å². The summed E-state index contributed by atoms with van der Waals surface area (Å²) in [7, 11) is 0. The lowest BCUT2D eigenvalue weighted by Crippen LogP contribution is -2.33. The number of aromatic nitrogens is 4. The van der Waals surface area contributed by atoms with Crippen molar-refractivity contribution in [2.24, 2.45) is 5.41 Å². The van der Waals surface area contributed by atoms with Crippen molar-refractivity contribution in [3.05, 3.63) is 23.3 Å². The summed E-state index contributed by atoms with van der Waals surface area (Å²) in [5.74, 6) is 0.740. The third-order valence-corrected chi connectivity index (χ3v) is 5.81. The number of likely N-dealkylation sites (tertiary alicyclic amines) is 1. The van der Waals surface area contributed by atoms with E-state index in [0.717, 1.165) is 37.3 Å². The SMILES string of the molecule is Cc1cc(C)n2nc(C(=O)N3CCCC4(CCCC4)CC3)nc2n1. The fourth-order valence-electron chi connectivity index (χ4n) is 4.48. The van der Waals surface area contributed by atoms with Crippen LogP contribution < -0.4 is 0 Å². The highest BCUT2D eigenvalue weighted by Gasteiger charge is 2.36. The van der Waals surface area contributed by atoms with Gasteiger partial charge in [0.15, 0.2) is 0 Å². The molecule has 24 heavy (non-hydrogen) atoms. The van der Waals surface area contributed by atoms with E-state index >= 15 is 0 Å². The molecule has 2 aliphatic rings. The van der Waals surface area contributed by atoms with E-state index in [1.807, 2.05) is 24.8 Å². The van der Waals surface area contributed by atoms with Gasteiger partial charge in [0, 0.05) is 24.5 Å². The third kappa shape index (κ3) is 2.68. The molecule has 0 unspecified atom stereocenters. The average molecular weight is 327 g/mol. The molecule has 128 valence electrons. The Morgan fingerprint density at radius 2 is 1.79 bits per heavy atom. The molecule has 1 aliphatic heterocycles. The molecule has 1 aliphatic carbocycles. The standard InChI is InChI=1S/C18H25N5O/c1-13-12-14(2)23-17(19-13)20-15(21-23)16(24)22-10-5-8-18(9-11-22)6-3-4-7-18/h12H,3-11H2,1-2H3. The van der Waals surface area contributed by atoms with Crippen LogP contribution >= 0.6 is 0 Å². The second-order valence-corrected chi connectivity index (χ2v) is 7.54. The van der Waals surface area contributed by atoms with E-state index < -0.39 is 0 Å². The number of hydrogen-bond donors (Lipinski definition) is 0. The lowest BCUT2D eigenvalue weighted by atomic mass is 9.79. The molecule has 1 saturated carbocycles. The molecule has 2 aromatic rings. The summed E-state index contributed by atoms with van der Waals surface area (Å²) in [4.78, 5) is 23.6. The average Bonchev–Trinajstić information content (AvgIpc) is 3.11. The molecule has 2 fully saturated rings. The zero-order valence-electron chi connectivity index (χ0n) is 14.6. The van der Waals surface area contributed by atoms with E-state index in [1.165, 1.54) is 32.1 Å². The van der Waals surface area contributed by atoms with Crippen molar-refractivity contribution < 1.29 is 4.79 Å². The highest BCUT2D eigenvalue weighted by Crippen LogP contribution is 2.46. The van der Waals surface area contributed by atoms with E-state index in [-0.39, 0.29) is 11.7 Å². The Bertz CT molecular complexity index is 775. The largest absolute Gasteiger partial charge is 0.336 e. The van der Waals surface area contributed by atoms with Crippen molar-refractivity contribution in [2.75, 3.05) is 13.1 Å². The highest BCUT2D eigenvalue weighted by atomic mass is 16.2. The molecule has 6 heteroatoms. The minimum absolute atomic E-state index is 0.0485. The predicted octanol–water partition coefficient (Wildman–Crippen LogP) is 2.93. The number of amides is 1. The molecular weight excluding hydrogens is 302 g/mol. The maximum Gasteiger partial charge on any atom is 0.293 e. The van der Waals surface area contributed by atoms with Gasteiger partial charge < -0.3 is 4.90 Å². The topological polar surface area (TPSA) is 63.4 Å². The summed E-state index contributed by atoms with van der Waals surface area (Å²) >= 11 is 0. The first-order valence-electron chi connectivity index (χ1n) is 9.07. The number of rotatable bonds is 1. The molecule has 0 radical (unpaired) electrons. The Kier molecular flexibility index (Phi) is 3.77. The summed E-state index contributed by atoms with van der Waals surface area (Å²) in [5, 5.41) is 4.40. The van der Waals surface area contributed by atoms with Crippen molar-refractivity contribution in [3.8, 4) is 0 Å². The summed E-state index contributed by atoms with van der Waals surface area (Å²) in [5.41, 5.74) is 2.34. The van der Waals surface area contributed by atoms with Crippen LogP contribution in [0.15, 0.2) is 6.07 Å². The van der Waals surface area contributed by atoms with Gasteiger partial charge >= 0.3 is 0 Å². The zero-order valence-corrected chi connectivity index (χ0v) is 14.6. The molecule has 3 heterocycles. The molecule has 1 saturated heterocycles. The molecule has 0 atom stereocenters. The summed E-state index contributed by atoms with van der Waals surface area (Å²) in [6.45, 7) is 5.54. The first kappa shape index (κ1) is 15.5. The van der Waals surface area contributed by atoms with Gasteiger partial charge in [0.05, 0.1) is 0 Å². The number of nitrogens with zero attached hydrogens (tertiary/aromatic N) is 5. The molecule has 0 N–H and O–H groups in total. The van der Waals surface area contributed by atoms with E-state index in [9.17, 15) is 4.79 Å². The van der Waals surface area contributed by atoms with Gasteiger partial charge in [-0.3, -0.25) is 4.79 Å². The molecule has 1 spiro atoms. The molecule has 0 bridgehead atoms. The number of carbonyl (C=O) groups excluding carboxylic acids is 1. The number of aryl methyl sites for hydroxylation is 2. The van der Waals surface area contributed by atoms with Crippen molar-refractivity contribution >= 4 is 11.7 Å². The number of carbonyl (C=O) groups is 1. The first-order chi connectivity index (χ1) is 11.6. The van der Waals surface area contributed by atoms with Crippen LogP contribution in [-0.2, 0) is 0 Å². The van der Waals surface area contributed by atoms with Gasteiger partial charge in [-0.2, -0.15) is 4.98 Å². The molecule has 2 aromatic heterocycles.